The van der Waals surface area contributed by atoms with Crippen LogP contribution >= 0.6 is 0 Å². The minimum atomic E-state index is -0.476. The number of piperazine rings is 1. The predicted molar refractivity (Wildman–Crippen MR) is 78.5 cm³/mol. The van der Waals surface area contributed by atoms with Gasteiger partial charge in [-0.25, -0.2) is 15.8 Å². The summed E-state index contributed by atoms with van der Waals surface area (Å²) >= 11 is 0. The lowest BCUT2D eigenvalue weighted by Crippen LogP contribution is -2.57. The van der Waals surface area contributed by atoms with Crippen molar-refractivity contribution in [3.05, 3.63) is 11.4 Å². The minimum absolute atomic E-state index is 0.0837. The molecule has 0 bridgehead atoms. The fraction of sp³-hybridized carbons (Fsp3) is 0.538. The molecule has 1 unspecified atom stereocenters. The third kappa shape index (κ3) is 2.94. The van der Waals surface area contributed by atoms with Crippen LogP contribution in [0.15, 0.2) is 0 Å². The number of nitrogens with zero attached hydrogens (tertiary/aromatic N) is 3. The predicted octanol–water partition coefficient (Wildman–Crippen LogP) is -0.126. The maximum Gasteiger partial charge on any atom is 0.249 e. The number of aromatic nitrogens is 2. The van der Waals surface area contributed by atoms with Gasteiger partial charge >= 0.3 is 0 Å². The molecule has 1 fully saturated rings. The fourth-order valence-electron chi connectivity index (χ4n) is 2.28. The van der Waals surface area contributed by atoms with Crippen LogP contribution in [0.4, 0.5) is 11.6 Å². The highest BCUT2D eigenvalue weighted by molar-refractivity contribution is 6.04. The highest BCUT2D eigenvalue weighted by Crippen LogP contribution is 2.26. The lowest BCUT2D eigenvalue weighted by Gasteiger charge is -2.33. The van der Waals surface area contributed by atoms with Crippen molar-refractivity contribution in [3.63, 3.8) is 0 Å². The summed E-state index contributed by atoms with van der Waals surface area (Å²) in [4.78, 5) is 33.9. The third-order valence-corrected chi connectivity index (χ3v) is 3.47. The molecule has 8 nitrogen and oxygen atoms in total. The largest absolute Gasteiger partial charge is 0.335 e. The second-order valence-corrected chi connectivity index (χ2v) is 5.05. The Balaban J connectivity index is 2.47. The number of hydrazine groups is 1. The van der Waals surface area contributed by atoms with Crippen LogP contribution in [0.2, 0.25) is 0 Å². The zero-order valence-electron chi connectivity index (χ0n) is 12.4. The van der Waals surface area contributed by atoms with E-state index in [-0.39, 0.29) is 18.4 Å². The van der Waals surface area contributed by atoms with E-state index in [2.05, 4.69) is 20.7 Å². The Bertz CT molecular complexity index is 574. The molecule has 0 saturated carbocycles. The molecular formula is C13H20N6O2. The number of imide groups is 1. The molecule has 0 radical (unpaired) electrons. The molecule has 8 heteroatoms. The summed E-state index contributed by atoms with van der Waals surface area (Å²) < 4.78 is 0. The minimum Gasteiger partial charge on any atom is -0.335 e. The standard InChI is InChI=1S/C13H20N6O2/c1-4-5-9-15-11(18-14)7(2)12(16-9)19-6-10(20)17-13(21)8(19)3/h8H,4-6,14H2,1-3H3,(H,15,16,18)(H,17,20,21). The number of hydrogen-bond donors (Lipinski definition) is 3. The quantitative estimate of drug-likeness (QED) is 0.402. The number of nitrogens with one attached hydrogen (secondary N) is 2. The van der Waals surface area contributed by atoms with Crippen LogP contribution in [0.3, 0.4) is 0 Å². The molecule has 1 saturated heterocycles. The van der Waals surface area contributed by atoms with Gasteiger partial charge in [0, 0.05) is 12.0 Å². The highest BCUT2D eigenvalue weighted by atomic mass is 16.2. The maximum atomic E-state index is 11.8. The second kappa shape index (κ2) is 6.04. The zero-order chi connectivity index (χ0) is 15.6. The molecule has 21 heavy (non-hydrogen) atoms. The molecule has 1 atom stereocenters. The van der Waals surface area contributed by atoms with Crippen molar-refractivity contribution in [1.82, 2.24) is 15.3 Å². The first-order chi connectivity index (χ1) is 9.97. The number of nitrogen functional groups attached to an aromatic ring is 1. The Morgan fingerprint density at radius 1 is 1.43 bits per heavy atom. The Morgan fingerprint density at radius 3 is 2.76 bits per heavy atom. The topological polar surface area (TPSA) is 113 Å². The van der Waals surface area contributed by atoms with Gasteiger partial charge in [-0.05, 0) is 20.3 Å². The number of rotatable bonds is 4. The van der Waals surface area contributed by atoms with Gasteiger partial charge < -0.3 is 10.3 Å². The number of aryl methyl sites for hydroxylation is 1. The maximum absolute atomic E-state index is 11.8. The third-order valence-electron chi connectivity index (χ3n) is 3.47. The van der Waals surface area contributed by atoms with Crippen LogP contribution < -0.4 is 21.5 Å². The van der Waals surface area contributed by atoms with Gasteiger partial charge in [0.2, 0.25) is 11.8 Å². The normalized spacial score (nSPS) is 18.7. The molecule has 1 aromatic heterocycles. The summed E-state index contributed by atoms with van der Waals surface area (Å²) in [6, 6.07) is -0.476. The van der Waals surface area contributed by atoms with E-state index < -0.39 is 6.04 Å². The van der Waals surface area contributed by atoms with Gasteiger partial charge in [-0.15, -0.1) is 0 Å². The summed E-state index contributed by atoms with van der Waals surface area (Å²) in [5, 5.41) is 2.31. The Labute approximate surface area is 123 Å². The number of anilines is 2. The molecule has 4 N–H and O–H groups in total. The summed E-state index contributed by atoms with van der Waals surface area (Å²) in [6.45, 7) is 5.65. The van der Waals surface area contributed by atoms with Gasteiger partial charge in [0.1, 0.15) is 23.5 Å². The van der Waals surface area contributed by atoms with E-state index in [0.29, 0.717) is 29.4 Å². The molecule has 0 aromatic carbocycles. The number of carbonyl (C=O) groups is 2. The molecular weight excluding hydrogens is 272 g/mol. The zero-order valence-corrected chi connectivity index (χ0v) is 12.4. The van der Waals surface area contributed by atoms with Gasteiger partial charge in [-0.2, -0.15) is 0 Å². The number of amides is 2. The van der Waals surface area contributed by atoms with E-state index in [9.17, 15) is 9.59 Å². The van der Waals surface area contributed by atoms with E-state index in [1.165, 1.54) is 0 Å². The molecule has 2 heterocycles. The summed E-state index contributed by atoms with van der Waals surface area (Å²) in [7, 11) is 0. The van der Waals surface area contributed by atoms with Crippen molar-refractivity contribution >= 4 is 23.5 Å². The van der Waals surface area contributed by atoms with Gasteiger partial charge in [-0.1, -0.05) is 6.92 Å². The van der Waals surface area contributed by atoms with Crippen LogP contribution in [-0.4, -0.2) is 34.4 Å². The second-order valence-electron chi connectivity index (χ2n) is 5.05. The lowest BCUT2D eigenvalue weighted by molar-refractivity contribution is -0.132. The summed E-state index contributed by atoms with van der Waals surface area (Å²) in [6.07, 6.45) is 1.59. The SMILES string of the molecule is CCCc1nc(NN)c(C)c(N2CC(=O)NC(=O)C2C)n1. The van der Waals surface area contributed by atoms with Crippen molar-refractivity contribution in [2.24, 2.45) is 5.84 Å². The van der Waals surface area contributed by atoms with Crippen molar-refractivity contribution < 1.29 is 9.59 Å². The van der Waals surface area contributed by atoms with E-state index >= 15 is 0 Å². The van der Waals surface area contributed by atoms with Gasteiger partial charge in [-0.3, -0.25) is 14.9 Å². The van der Waals surface area contributed by atoms with Gasteiger partial charge in [0.25, 0.3) is 0 Å². The van der Waals surface area contributed by atoms with Crippen molar-refractivity contribution in [1.29, 1.82) is 0 Å². The molecule has 0 aliphatic carbocycles. The first kappa shape index (κ1) is 15.2. The van der Waals surface area contributed by atoms with E-state index in [1.807, 2.05) is 13.8 Å². The summed E-state index contributed by atoms with van der Waals surface area (Å²) in [5.74, 6) is 6.54. The number of carbonyl (C=O) groups excluding carboxylic acids is 2. The van der Waals surface area contributed by atoms with Crippen LogP contribution in [0.25, 0.3) is 0 Å². The van der Waals surface area contributed by atoms with Crippen LogP contribution in [0.5, 0.6) is 0 Å². The lowest BCUT2D eigenvalue weighted by atomic mass is 10.1. The van der Waals surface area contributed by atoms with Crippen LogP contribution in [0.1, 0.15) is 31.7 Å². The van der Waals surface area contributed by atoms with Gasteiger partial charge in [0.15, 0.2) is 0 Å². The fourth-order valence-corrected chi connectivity index (χ4v) is 2.28. The first-order valence-electron chi connectivity index (χ1n) is 6.92. The number of nitrogens with two attached hydrogens (primary N) is 1. The van der Waals surface area contributed by atoms with E-state index in [0.717, 1.165) is 6.42 Å². The van der Waals surface area contributed by atoms with Gasteiger partial charge in [0.05, 0.1) is 6.54 Å². The summed E-state index contributed by atoms with van der Waals surface area (Å²) in [5.41, 5.74) is 3.26. The smallest absolute Gasteiger partial charge is 0.249 e. The molecule has 2 rings (SSSR count). The Hall–Kier alpha value is -2.22. The van der Waals surface area contributed by atoms with Crippen molar-refractivity contribution in [2.75, 3.05) is 16.9 Å². The average Bonchev–Trinajstić information content (AvgIpc) is 2.45. The van der Waals surface area contributed by atoms with Crippen LogP contribution in [0, 0.1) is 6.92 Å². The molecule has 2 amide bonds. The monoisotopic (exact) mass is 292 g/mol. The molecule has 114 valence electrons. The van der Waals surface area contributed by atoms with Crippen LogP contribution in [-0.2, 0) is 16.0 Å². The average molecular weight is 292 g/mol. The molecule has 1 aliphatic heterocycles. The highest BCUT2D eigenvalue weighted by Gasteiger charge is 2.32. The Morgan fingerprint density at radius 2 is 2.14 bits per heavy atom. The molecule has 1 aromatic rings. The molecule has 1 aliphatic rings. The number of hydrogen-bond acceptors (Lipinski definition) is 7. The van der Waals surface area contributed by atoms with E-state index in [1.54, 1.807) is 11.8 Å². The first-order valence-corrected chi connectivity index (χ1v) is 6.92. The van der Waals surface area contributed by atoms with Crippen molar-refractivity contribution in [3.8, 4) is 0 Å². The van der Waals surface area contributed by atoms with E-state index in [4.69, 9.17) is 5.84 Å². The molecule has 0 spiro atoms. The van der Waals surface area contributed by atoms with Crippen molar-refractivity contribution in [2.45, 2.75) is 39.7 Å². The Kier molecular flexibility index (Phi) is 4.37.